The molecule has 4 nitrogen and oxygen atoms in total. The van der Waals surface area contributed by atoms with Crippen LogP contribution < -0.4 is 5.32 Å². The van der Waals surface area contributed by atoms with E-state index in [2.05, 4.69) is 21.2 Å². The van der Waals surface area contributed by atoms with Crippen molar-refractivity contribution in [3.63, 3.8) is 0 Å². The third-order valence-corrected chi connectivity index (χ3v) is 5.19. The average Bonchev–Trinajstić information content (AvgIpc) is 3.04. The summed E-state index contributed by atoms with van der Waals surface area (Å²) in [5.74, 6) is 0.101. The van der Waals surface area contributed by atoms with Gasteiger partial charge in [0.25, 0.3) is 5.91 Å². The molecule has 0 atom stereocenters. The molecule has 122 valence electrons. The summed E-state index contributed by atoms with van der Waals surface area (Å²) in [7, 11) is 0. The Morgan fingerprint density at radius 1 is 1.22 bits per heavy atom. The second-order valence-electron chi connectivity index (χ2n) is 4.57. The molecule has 0 aliphatic heterocycles. The zero-order valence-corrected chi connectivity index (χ0v) is 15.5. The Labute approximate surface area is 151 Å². The molecule has 0 aliphatic rings. The maximum absolute atomic E-state index is 11.6. The highest BCUT2D eigenvalue weighted by molar-refractivity contribution is 9.10. The van der Waals surface area contributed by atoms with Crippen LogP contribution in [-0.2, 0) is 20.7 Å². The molecule has 23 heavy (non-hydrogen) atoms. The van der Waals surface area contributed by atoms with Gasteiger partial charge in [-0.25, -0.2) is 0 Å². The predicted octanol–water partition coefficient (Wildman–Crippen LogP) is 3.50. The number of thioether (sulfide) groups is 1. The minimum absolute atomic E-state index is 0.213. The van der Waals surface area contributed by atoms with Crippen molar-refractivity contribution in [1.82, 2.24) is 5.32 Å². The fraction of sp³-hybridized carbons (Fsp3) is 0.250. The van der Waals surface area contributed by atoms with Gasteiger partial charge in [-0.2, -0.15) is 0 Å². The topological polar surface area (TPSA) is 55.4 Å². The Hall–Kier alpha value is -1.31. The SMILES string of the molecule is O=C(COC(=O)Cc1cccs1)NCCSc1ccc(Br)cc1. The van der Waals surface area contributed by atoms with Crippen molar-refractivity contribution in [3.8, 4) is 0 Å². The predicted molar refractivity (Wildman–Crippen MR) is 96.9 cm³/mol. The highest BCUT2D eigenvalue weighted by Crippen LogP contribution is 2.19. The third kappa shape index (κ3) is 7.20. The van der Waals surface area contributed by atoms with Crippen molar-refractivity contribution < 1.29 is 14.3 Å². The molecule has 0 aliphatic carbocycles. The number of amides is 1. The summed E-state index contributed by atoms with van der Waals surface area (Å²) in [6.45, 7) is 0.301. The van der Waals surface area contributed by atoms with E-state index in [1.807, 2.05) is 41.8 Å². The number of hydrogen-bond acceptors (Lipinski definition) is 5. The van der Waals surface area contributed by atoms with E-state index in [1.54, 1.807) is 11.8 Å². The van der Waals surface area contributed by atoms with Crippen molar-refractivity contribution in [2.75, 3.05) is 18.9 Å². The van der Waals surface area contributed by atoms with Crippen LogP contribution in [-0.4, -0.2) is 30.8 Å². The van der Waals surface area contributed by atoms with E-state index >= 15 is 0 Å². The van der Waals surface area contributed by atoms with Crippen molar-refractivity contribution in [3.05, 3.63) is 51.1 Å². The number of ether oxygens (including phenoxy) is 1. The summed E-state index contributed by atoms with van der Waals surface area (Å²) in [5.41, 5.74) is 0. The first-order valence-electron chi connectivity index (χ1n) is 6.96. The molecule has 1 aromatic carbocycles. The van der Waals surface area contributed by atoms with E-state index in [1.165, 1.54) is 11.3 Å². The van der Waals surface area contributed by atoms with Crippen LogP contribution in [0.15, 0.2) is 51.1 Å². The van der Waals surface area contributed by atoms with Crippen LogP contribution in [0.4, 0.5) is 0 Å². The lowest BCUT2D eigenvalue weighted by molar-refractivity contribution is -0.147. The molecule has 1 amide bonds. The number of halogens is 1. The number of hydrogen-bond donors (Lipinski definition) is 1. The number of thiophene rings is 1. The highest BCUT2D eigenvalue weighted by atomic mass is 79.9. The zero-order chi connectivity index (χ0) is 16.5. The number of carbonyl (C=O) groups is 2. The van der Waals surface area contributed by atoms with Gasteiger partial charge in [0.15, 0.2) is 6.61 Å². The Bertz CT molecular complexity index is 629. The van der Waals surface area contributed by atoms with Crippen molar-refractivity contribution in [2.45, 2.75) is 11.3 Å². The van der Waals surface area contributed by atoms with Crippen LogP contribution in [0.3, 0.4) is 0 Å². The first-order chi connectivity index (χ1) is 11.1. The number of carbonyl (C=O) groups excluding carboxylic acids is 2. The van der Waals surface area contributed by atoms with Gasteiger partial charge in [-0.15, -0.1) is 23.1 Å². The molecule has 0 saturated carbocycles. The largest absolute Gasteiger partial charge is 0.455 e. The Morgan fingerprint density at radius 3 is 2.70 bits per heavy atom. The van der Waals surface area contributed by atoms with E-state index in [0.29, 0.717) is 6.54 Å². The summed E-state index contributed by atoms with van der Waals surface area (Å²) in [5, 5.41) is 4.64. The molecular formula is C16H16BrNO3S2. The molecule has 0 radical (unpaired) electrons. The molecule has 0 unspecified atom stereocenters. The number of nitrogens with one attached hydrogen (secondary N) is 1. The standard InChI is InChI=1S/C16H16BrNO3S2/c17-12-3-5-13(6-4-12)23-9-7-18-15(19)11-21-16(20)10-14-2-1-8-22-14/h1-6,8H,7,9-11H2,(H,18,19). The smallest absolute Gasteiger partial charge is 0.311 e. The number of esters is 1. The van der Waals surface area contributed by atoms with Gasteiger partial charge in [0.05, 0.1) is 6.42 Å². The van der Waals surface area contributed by atoms with E-state index in [0.717, 1.165) is 20.0 Å². The first-order valence-corrected chi connectivity index (χ1v) is 9.62. The molecule has 7 heteroatoms. The fourth-order valence-electron chi connectivity index (χ4n) is 1.69. The minimum atomic E-state index is -0.383. The van der Waals surface area contributed by atoms with E-state index in [-0.39, 0.29) is 24.9 Å². The molecule has 0 spiro atoms. The molecule has 1 heterocycles. The van der Waals surface area contributed by atoms with E-state index < -0.39 is 0 Å². The minimum Gasteiger partial charge on any atom is -0.455 e. The number of benzene rings is 1. The zero-order valence-electron chi connectivity index (χ0n) is 12.3. The third-order valence-electron chi connectivity index (χ3n) is 2.77. The molecule has 2 rings (SSSR count). The first kappa shape index (κ1) is 18.0. The Balaban J connectivity index is 1.56. The molecule has 0 saturated heterocycles. The van der Waals surface area contributed by atoms with Crippen molar-refractivity contribution in [1.29, 1.82) is 0 Å². The van der Waals surface area contributed by atoms with Crippen LogP contribution in [0.2, 0.25) is 0 Å². The Morgan fingerprint density at radius 2 is 2.00 bits per heavy atom. The second kappa shape index (κ2) is 9.75. The normalized spacial score (nSPS) is 10.3. The number of rotatable bonds is 8. The van der Waals surface area contributed by atoms with E-state index in [4.69, 9.17) is 4.74 Å². The lowest BCUT2D eigenvalue weighted by atomic mass is 10.3. The molecule has 1 aromatic heterocycles. The lowest BCUT2D eigenvalue weighted by Gasteiger charge is -2.06. The molecule has 2 aromatic rings. The monoisotopic (exact) mass is 413 g/mol. The van der Waals surface area contributed by atoms with Gasteiger partial charge in [0, 0.05) is 26.5 Å². The van der Waals surface area contributed by atoms with Gasteiger partial charge in [-0.05, 0) is 35.7 Å². The van der Waals surface area contributed by atoms with Gasteiger partial charge in [-0.1, -0.05) is 22.0 Å². The summed E-state index contributed by atoms with van der Waals surface area (Å²) in [4.78, 5) is 25.2. The summed E-state index contributed by atoms with van der Waals surface area (Å²) >= 11 is 6.54. The van der Waals surface area contributed by atoms with Crippen molar-refractivity contribution in [2.24, 2.45) is 0 Å². The van der Waals surface area contributed by atoms with Gasteiger partial charge < -0.3 is 10.1 Å². The van der Waals surface area contributed by atoms with Gasteiger partial charge >= 0.3 is 5.97 Å². The summed E-state index contributed by atoms with van der Waals surface area (Å²) in [6, 6.07) is 11.7. The Kier molecular flexibility index (Phi) is 7.64. The molecule has 0 bridgehead atoms. The fourth-order valence-corrected chi connectivity index (χ4v) is 3.42. The van der Waals surface area contributed by atoms with Crippen LogP contribution in [0, 0.1) is 0 Å². The molecule has 1 N–H and O–H groups in total. The molecular weight excluding hydrogens is 398 g/mol. The maximum Gasteiger partial charge on any atom is 0.311 e. The summed E-state index contributed by atoms with van der Waals surface area (Å²) < 4.78 is 5.99. The molecule has 0 fully saturated rings. The van der Waals surface area contributed by atoms with Gasteiger partial charge in [0.1, 0.15) is 0 Å². The van der Waals surface area contributed by atoms with Crippen LogP contribution in [0.25, 0.3) is 0 Å². The van der Waals surface area contributed by atoms with Crippen LogP contribution >= 0.6 is 39.0 Å². The van der Waals surface area contributed by atoms with Crippen LogP contribution in [0.1, 0.15) is 4.88 Å². The van der Waals surface area contributed by atoms with E-state index in [9.17, 15) is 9.59 Å². The maximum atomic E-state index is 11.6. The lowest BCUT2D eigenvalue weighted by Crippen LogP contribution is -2.30. The van der Waals surface area contributed by atoms with Gasteiger partial charge in [0.2, 0.25) is 0 Å². The van der Waals surface area contributed by atoms with Crippen LogP contribution in [0.5, 0.6) is 0 Å². The second-order valence-corrected chi connectivity index (χ2v) is 7.69. The average molecular weight is 414 g/mol. The van der Waals surface area contributed by atoms with Gasteiger partial charge in [-0.3, -0.25) is 9.59 Å². The van der Waals surface area contributed by atoms with Crippen molar-refractivity contribution >= 4 is 50.9 Å². The highest BCUT2D eigenvalue weighted by Gasteiger charge is 2.08. The summed E-state index contributed by atoms with van der Waals surface area (Å²) in [6.07, 6.45) is 0.213. The quantitative estimate of drug-likeness (QED) is 0.408.